The first-order valence-corrected chi connectivity index (χ1v) is 9.84. The molecule has 0 saturated carbocycles. The number of alkyl halides is 3. The van der Waals surface area contributed by atoms with Crippen LogP contribution in [0.15, 0.2) is 61.2 Å². The molecule has 0 aliphatic carbocycles. The normalized spacial score (nSPS) is 15.3. The predicted molar refractivity (Wildman–Crippen MR) is 115 cm³/mol. The monoisotopic (exact) mass is 418 g/mol. The van der Waals surface area contributed by atoms with Gasteiger partial charge in [-0.15, -0.1) is 0 Å². The van der Waals surface area contributed by atoms with Gasteiger partial charge in [-0.25, -0.2) is 0 Å². The van der Waals surface area contributed by atoms with Gasteiger partial charge in [-0.2, -0.15) is 13.2 Å². The zero-order chi connectivity index (χ0) is 22.7. The number of allylic oxidation sites excluding steroid dienone is 3. The highest BCUT2D eigenvalue weighted by atomic mass is 19.4. The molecule has 1 N–H and O–H groups in total. The van der Waals surface area contributed by atoms with Gasteiger partial charge in [-0.05, 0) is 53.2 Å². The van der Waals surface area contributed by atoms with Crippen LogP contribution in [-0.4, -0.2) is 18.4 Å². The second-order valence-corrected chi connectivity index (χ2v) is 7.93. The fourth-order valence-electron chi connectivity index (χ4n) is 3.22. The van der Waals surface area contributed by atoms with Crippen LogP contribution in [-0.2, 0) is 5.60 Å². The smallest absolute Gasteiger partial charge is 0.425 e. The molecule has 0 saturated heterocycles. The zero-order valence-corrected chi connectivity index (χ0v) is 18.0. The number of rotatable bonds is 7. The number of benzene rings is 2. The molecule has 2 atom stereocenters. The van der Waals surface area contributed by atoms with Gasteiger partial charge in [0.1, 0.15) is 5.75 Å². The molecule has 2 aromatic carbocycles. The third-order valence-electron chi connectivity index (χ3n) is 5.54. The van der Waals surface area contributed by atoms with Crippen molar-refractivity contribution in [2.75, 3.05) is 7.11 Å². The van der Waals surface area contributed by atoms with Gasteiger partial charge >= 0.3 is 6.18 Å². The number of aliphatic hydroxyl groups is 1. The maximum Gasteiger partial charge on any atom is 0.425 e. The Morgan fingerprint density at radius 3 is 2.20 bits per heavy atom. The second-order valence-electron chi connectivity index (χ2n) is 7.93. The lowest BCUT2D eigenvalue weighted by molar-refractivity contribution is -0.248. The highest BCUT2D eigenvalue weighted by Crippen LogP contribution is 2.48. The Balaban J connectivity index is 2.62. The van der Waals surface area contributed by atoms with Gasteiger partial charge in [0.2, 0.25) is 5.60 Å². The number of hydrogen-bond donors (Lipinski definition) is 1. The van der Waals surface area contributed by atoms with Crippen molar-refractivity contribution in [1.82, 2.24) is 0 Å². The molecule has 2 aromatic rings. The Labute approximate surface area is 176 Å². The van der Waals surface area contributed by atoms with E-state index in [0.717, 1.165) is 0 Å². The van der Waals surface area contributed by atoms with Crippen molar-refractivity contribution in [3.8, 4) is 5.75 Å². The summed E-state index contributed by atoms with van der Waals surface area (Å²) in [5.41, 5.74) is -1.92. The first kappa shape index (κ1) is 23.7. The minimum absolute atomic E-state index is 0.0502. The van der Waals surface area contributed by atoms with E-state index in [0.29, 0.717) is 28.5 Å². The van der Waals surface area contributed by atoms with Crippen LogP contribution in [0.3, 0.4) is 0 Å². The molecule has 0 radical (unpaired) electrons. The van der Waals surface area contributed by atoms with Gasteiger partial charge in [0, 0.05) is 5.56 Å². The van der Waals surface area contributed by atoms with Crippen molar-refractivity contribution in [3.05, 3.63) is 83.4 Å². The van der Waals surface area contributed by atoms with E-state index in [1.165, 1.54) is 43.5 Å². The number of hydrogen-bond acceptors (Lipinski definition) is 2. The van der Waals surface area contributed by atoms with E-state index in [9.17, 15) is 18.3 Å². The fraction of sp³-hybridized carbons (Fsp3) is 0.360. The number of aryl methyl sites for hydroxylation is 1. The van der Waals surface area contributed by atoms with Crippen molar-refractivity contribution in [1.29, 1.82) is 0 Å². The largest absolute Gasteiger partial charge is 0.496 e. The van der Waals surface area contributed by atoms with E-state index >= 15 is 0 Å². The summed E-state index contributed by atoms with van der Waals surface area (Å²) in [6.45, 7) is 12.1. The van der Waals surface area contributed by atoms with Gasteiger partial charge < -0.3 is 9.84 Å². The fourth-order valence-corrected chi connectivity index (χ4v) is 3.22. The molecule has 0 aromatic heterocycles. The van der Waals surface area contributed by atoms with E-state index in [2.05, 4.69) is 27.4 Å². The van der Waals surface area contributed by atoms with Crippen molar-refractivity contribution in [2.45, 2.75) is 39.5 Å². The lowest BCUT2D eigenvalue weighted by atomic mass is 9.83. The summed E-state index contributed by atoms with van der Waals surface area (Å²) in [6, 6.07) is 9.87. The lowest BCUT2D eigenvalue weighted by Gasteiger charge is -2.33. The van der Waals surface area contributed by atoms with Crippen LogP contribution in [0.5, 0.6) is 5.75 Å². The average Bonchev–Trinajstić information content (AvgIpc) is 2.70. The van der Waals surface area contributed by atoms with Gasteiger partial charge in [0.25, 0.3) is 0 Å². The van der Waals surface area contributed by atoms with E-state index in [4.69, 9.17) is 4.74 Å². The van der Waals surface area contributed by atoms with Crippen LogP contribution in [0, 0.1) is 18.8 Å². The van der Waals surface area contributed by atoms with Crippen molar-refractivity contribution < 1.29 is 23.0 Å². The molecule has 2 rings (SSSR count). The van der Waals surface area contributed by atoms with E-state index in [1.54, 1.807) is 13.0 Å². The summed E-state index contributed by atoms with van der Waals surface area (Å²) in [6.07, 6.45) is -1.04. The second kappa shape index (κ2) is 9.09. The summed E-state index contributed by atoms with van der Waals surface area (Å²) in [5, 5.41) is 11.0. The van der Waals surface area contributed by atoms with Crippen molar-refractivity contribution >= 4 is 5.57 Å². The van der Waals surface area contributed by atoms with Crippen LogP contribution in [0.4, 0.5) is 13.2 Å². The molecule has 0 heterocycles. The van der Waals surface area contributed by atoms with Crippen LogP contribution in [0.25, 0.3) is 5.57 Å². The maximum atomic E-state index is 14.1. The Bertz CT molecular complexity index is 914. The zero-order valence-electron chi connectivity index (χ0n) is 18.0. The predicted octanol–water partition coefficient (Wildman–Crippen LogP) is 6.66. The summed E-state index contributed by atoms with van der Waals surface area (Å²) >= 11 is 0. The summed E-state index contributed by atoms with van der Waals surface area (Å²) in [5.74, 6) is 0.738. The minimum Gasteiger partial charge on any atom is -0.496 e. The Hall–Kier alpha value is -2.53. The SMILES string of the molecule is C=C(/C=C/C(C)C(C)C)c1cc(OC)c([C@](O)(c2ccccc2)C(F)(F)F)cc1C. The van der Waals surface area contributed by atoms with E-state index in [1.807, 2.05) is 12.2 Å². The van der Waals surface area contributed by atoms with Gasteiger partial charge in [-0.1, -0.05) is 69.8 Å². The Kier molecular flexibility index (Phi) is 7.19. The number of ether oxygens (including phenoxy) is 1. The molecule has 0 bridgehead atoms. The molecular formula is C25H29F3O2. The third kappa shape index (κ3) is 4.62. The molecule has 0 aliphatic rings. The average molecular weight is 418 g/mol. The first-order valence-electron chi connectivity index (χ1n) is 9.84. The Morgan fingerprint density at radius 2 is 1.70 bits per heavy atom. The topological polar surface area (TPSA) is 29.5 Å². The summed E-state index contributed by atoms with van der Waals surface area (Å²) in [4.78, 5) is 0. The quantitative estimate of drug-likeness (QED) is 0.509. The van der Waals surface area contributed by atoms with Gasteiger partial charge in [0.05, 0.1) is 7.11 Å². The molecule has 2 nitrogen and oxygen atoms in total. The maximum absolute atomic E-state index is 14.1. The molecule has 1 unspecified atom stereocenters. The molecule has 0 fully saturated rings. The van der Waals surface area contributed by atoms with Crippen LogP contribution in [0.2, 0.25) is 0 Å². The van der Waals surface area contributed by atoms with Gasteiger partial charge in [-0.3, -0.25) is 0 Å². The minimum atomic E-state index is -4.95. The number of methoxy groups -OCH3 is 1. The molecule has 0 aliphatic heterocycles. The van der Waals surface area contributed by atoms with Crippen molar-refractivity contribution in [3.63, 3.8) is 0 Å². The molecule has 30 heavy (non-hydrogen) atoms. The molecule has 162 valence electrons. The van der Waals surface area contributed by atoms with Crippen LogP contribution in [0.1, 0.15) is 43.0 Å². The molecule has 5 heteroatoms. The van der Waals surface area contributed by atoms with E-state index in [-0.39, 0.29) is 16.9 Å². The highest BCUT2D eigenvalue weighted by Gasteiger charge is 2.57. The summed E-state index contributed by atoms with van der Waals surface area (Å²) < 4.78 is 47.7. The lowest BCUT2D eigenvalue weighted by Crippen LogP contribution is -2.43. The van der Waals surface area contributed by atoms with Crippen LogP contribution >= 0.6 is 0 Å². The van der Waals surface area contributed by atoms with Crippen molar-refractivity contribution in [2.24, 2.45) is 11.8 Å². The standard InChI is InChI=1S/C25H29F3O2/c1-16(2)17(3)12-13-18(4)21-15-23(30-6)22(14-19(21)5)24(29,25(26,27)28)20-10-8-7-9-11-20/h7-17,29H,4H2,1-3,5-6H3/b13-12+/t17?,24-/m1/s1. The number of halogens is 3. The van der Waals surface area contributed by atoms with E-state index < -0.39 is 11.8 Å². The Morgan fingerprint density at radius 1 is 1.10 bits per heavy atom. The molecular weight excluding hydrogens is 389 g/mol. The summed E-state index contributed by atoms with van der Waals surface area (Å²) in [7, 11) is 1.29. The molecule has 0 spiro atoms. The van der Waals surface area contributed by atoms with Crippen LogP contribution < -0.4 is 4.74 Å². The first-order chi connectivity index (χ1) is 13.9. The molecule has 0 amide bonds. The highest BCUT2D eigenvalue weighted by molar-refractivity contribution is 5.76. The van der Waals surface area contributed by atoms with Gasteiger partial charge in [0.15, 0.2) is 0 Å². The third-order valence-corrected chi connectivity index (χ3v) is 5.54.